The first-order valence-corrected chi connectivity index (χ1v) is 17.6. The molecule has 2 saturated heterocycles. The van der Waals surface area contributed by atoms with Gasteiger partial charge in [0, 0.05) is 68.7 Å². The molecule has 0 aromatic carbocycles. The van der Waals surface area contributed by atoms with Gasteiger partial charge in [-0.2, -0.15) is 5.10 Å². The Hall–Kier alpha value is -5.08. The van der Waals surface area contributed by atoms with Crippen LogP contribution in [0.1, 0.15) is 55.0 Å². The molecule has 51 heavy (non-hydrogen) atoms. The van der Waals surface area contributed by atoms with E-state index in [9.17, 15) is 14.4 Å². The van der Waals surface area contributed by atoms with E-state index in [-0.39, 0.29) is 23.6 Å². The number of esters is 1. The van der Waals surface area contributed by atoms with Gasteiger partial charge in [0.05, 0.1) is 36.8 Å². The predicted octanol–water partition coefficient (Wildman–Crippen LogP) is 3.53. The minimum atomic E-state index is -0.468. The van der Waals surface area contributed by atoms with E-state index in [4.69, 9.17) is 9.47 Å². The summed E-state index contributed by atoms with van der Waals surface area (Å²) in [5.41, 5.74) is 5.62. The smallest absolute Gasteiger partial charge is 0.302 e. The van der Waals surface area contributed by atoms with Crippen molar-refractivity contribution in [2.24, 2.45) is 5.41 Å². The zero-order valence-electron chi connectivity index (χ0n) is 29.4. The molecule has 0 saturated carbocycles. The average Bonchev–Trinajstić information content (AvgIpc) is 3.57. The molecule has 0 spiro atoms. The maximum Gasteiger partial charge on any atom is 0.302 e. The lowest BCUT2D eigenvalue weighted by Crippen LogP contribution is -2.59. The number of nitrogens with one attached hydrogen (secondary N) is 2. The van der Waals surface area contributed by atoms with E-state index in [2.05, 4.69) is 60.6 Å². The molecule has 266 valence electrons. The fraction of sp³-hybridized carbons (Fsp3) is 0.459. The summed E-state index contributed by atoms with van der Waals surface area (Å²) in [6.07, 6.45) is 5.29. The Bertz CT molecular complexity index is 2050. The molecule has 4 aliphatic rings. The molecule has 1 amide bonds. The van der Waals surface area contributed by atoms with Crippen LogP contribution < -0.4 is 20.7 Å². The Morgan fingerprint density at radius 2 is 1.92 bits per heavy atom. The van der Waals surface area contributed by atoms with Crippen molar-refractivity contribution in [3.8, 4) is 11.3 Å². The van der Waals surface area contributed by atoms with Gasteiger partial charge in [-0.1, -0.05) is 13.8 Å². The van der Waals surface area contributed by atoms with Gasteiger partial charge in [-0.25, -0.2) is 15.1 Å². The van der Waals surface area contributed by atoms with Gasteiger partial charge in [-0.3, -0.25) is 24.2 Å². The van der Waals surface area contributed by atoms with Crippen LogP contribution in [0.25, 0.3) is 11.3 Å². The van der Waals surface area contributed by atoms with Crippen molar-refractivity contribution < 1.29 is 19.1 Å². The minimum Gasteiger partial charge on any atom is -0.461 e. The Balaban J connectivity index is 1.05. The predicted molar refractivity (Wildman–Crippen MR) is 191 cm³/mol. The van der Waals surface area contributed by atoms with Gasteiger partial charge in [0.1, 0.15) is 29.6 Å². The average molecular weight is 694 g/mol. The lowest BCUT2D eigenvalue weighted by molar-refractivity contribution is -0.142. The van der Waals surface area contributed by atoms with Crippen LogP contribution in [0.5, 0.6) is 0 Å². The number of aromatic amines is 1. The molecular weight excluding hydrogens is 650 g/mol. The van der Waals surface area contributed by atoms with Crippen molar-refractivity contribution in [2.45, 2.75) is 65.8 Å². The number of amides is 1. The van der Waals surface area contributed by atoms with E-state index in [1.165, 1.54) is 18.2 Å². The highest BCUT2D eigenvalue weighted by molar-refractivity contribution is 6.06. The molecular formula is C37H43N9O5. The molecule has 7 heterocycles. The summed E-state index contributed by atoms with van der Waals surface area (Å²) in [5.74, 6) is 0.275. The number of H-pyrrole nitrogens is 1. The second-order valence-electron chi connectivity index (χ2n) is 14.8. The first-order chi connectivity index (χ1) is 24.5. The van der Waals surface area contributed by atoms with Crippen LogP contribution in [0.4, 0.5) is 23.0 Å². The number of fused-ring (bicyclic) bond motifs is 3. The third kappa shape index (κ3) is 6.27. The summed E-state index contributed by atoms with van der Waals surface area (Å²) >= 11 is 0. The molecule has 0 bridgehead atoms. The first-order valence-electron chi connectivity index (χ1n) is 17.6. The van der Waals surface area contributed by atoms with E-state index in [1.807, 2.05) is 24.4 Å². The van der Waals surface area contributed by atoms with Gasteiger partial charge in [0.2, 0.25) is 0 Å². The Kier molecular flexibility index (Phi) is 8.38. The molecule has 4 aromatic rings. The molecule has 2 fully saturated rings. The van der Waals surface area contributed by atoms with E-state index in [0.29, 0.717) is 59.3 Å². The molecule has 2 N–H and O–H groups in total. The van der Waals surface area contributed by atoms with Gasteiger partial charge < -0.3 is 24.3 Å². The van der Waals surface area contributed by atoms with Crippen LogP contribution in [0, 0.1) is 5.41 Å². The quantitative estimate of drug-likeness (QED) is 0.261. The molecule has 1 aliphatic carbocycles. The van der Waals surface area contributed by atoms with E-state index in [0.717, 1.165) is 51.4 Å². The van der Waals surface area contributed by atoms with Crippen LogP contribution in [0.2, 0.25) is 0 Å². The highest BCUT2D eigenvalue weighted by Crippen LogP contribution is 2.40. The Morgan fingerprint density at radius 3 is 2.65 bits per heavy atom. The molecule has 0 radical (unpaired) electrons. The zero-order valence-corrected chi connectivity index (χ0v) is 29.4. The molecule has 14 heteroatoms. The fourth-order valence-electron chi connectivity index (χ4n) is 7.92. The van der Waals surface area contributed by atoms with Crippen LogP contribution in [-0.4, -0.2) is 93.0 Å². The number of aromatic nitrogens is 5. The Labute approximate surface area is 295 Å². The Morgan fingerprint density at radius 1 is 1.08 bits per heavy atom. The number of nitrogens with zero attached hydrogens (tertiary/aromatic N) is 7. The van der Waals surface area contributed by atoms with Crippen molar-refractivity contribution >= 4 is 34.9 Å². The third-order valence-corrected chi connectivity index (χ3v) is 10.6. The summed E-state index contributed by atoms with van der Waals surface area (Å²) < 4.78 is 13.0. The van der Waals surface area contributed by atoms with Gasteiger partial charge >= 0.3 is 5.97 Å². The number of hydrogen-bond donors (Lipinski definition) is 2. The van der Waals surface area contributed by atoms with Crippen molar-refractivity contribution in [1.29, 1.82) is 0 Å². The van der Waals surface area contributed by atoms with Crippen molar-refractivity contribution in [3.63, 3.8) is 0 Å². The molecule has 0 unspecified atom stereocenters. The summed E-state index contributed by atoms with van der Waals surface area (Å²) in [7, 11) is 0. The molecule has 3 aliphatic heterocycles. The number of piperazine rings is 1. The summed E-state index contributed by atoms with van der Waals surface area (Å²) in [5, 5.41) is 10.1. The topological polar surface area (TPSA) is 151 Å². The SMILES string of the molecule is CC(=O)OCc1c(-c2cc(Nc3ccc(N4CCN(C5COC5)C[C@@H]4C)cn3)c(=O)[nH]n2)ccnc1N1CCn2c(cc3c2CC(C)(C)C3)C1=O. The molecule has 14 nitrogen and oxygen atoms in total. The highest BCUT2D eigenvalue weighted by Gasteiger charge is 2.38. The molecule has 4 aromatic heterocycles. The number of anilines is 4. The third-order valence-electron chi connectivity index (χ3n) is 10.6. The molecule has 8 rings (SSSR count). The number of rotatable bonds is 8. The number of ether oxygens (including phenoxy) is 2. The number of pyridine rings is 2. The van der Waals surface area contributed by atoms with E-state index in [1.54, 1.807) is 23.2 Å². The maximum absolute atomic E-state index is 14.0. The lowest BCUT2D eigenvalue weighted by atomic mass is 9.90. The van der Waals surface area contributed by atoms with Gasteiger partial charge in [-0.15, -0.1) is 0 Å². The summed E-state index contributed by atoms with van der Waals surface area (Å²) in [4.78, 5) is 54.7. The standard InChI is InChI=1S/C37H43N9O5/c1-22-18-43(26-19-50-20-26)9-10-44(22)25-5-6-33(39-17-25)40-30-14-29(41-42-35(30)48)27-7-8-38-34(28(27)21-51-23(2)47)46-12-11-45-31(36(46)49)13-24-15-37(3,4)16-32(24)45/h5-8,13-14,17,22,26H,9-12,15-16,18-21H2,1-4H3,(H,42,48)(H,39,40,41)/t22-/m0/s1. The number of carbonyl (C=O) groups excluding carboxylic acids is 2. The second kappa shape index (κ2) is 12.9. The van der Waals surface area contributed by atoms with Crippen molar-refractivity contribution in [3.05, 3.63) is 75.6 Å². The largest absolute Gasteiger partial charge is 0.461 e. The van der Waals surface area contributed by atoms with E-state index >= 15 is 0 Å². The van der Waals surface area contributed by atoms with Crippen LogP contribution >= 0.6 is 0 Å². The van der Waals surface area contributed by atoms with Crippen LogP contribution in [-0.2, 0) is 40.3 Å². The van der Waals surface area contributed by atoms with Gasteiger partial charge in [-0.05, 0) is 61.1 Å². The fourth-order valence-corrected chi connectivity index (χ4v) is 7.92. The van der Waals surface area contributed by atoms with Crippen LogP contribution in [0.15, 0.2) is 47.5 Å². The zero-order chi connectivity index (χ0) is 35.4. The number of hydrogen-bond acceptors (Lipinski definition) is 11. The van der Waals surface area contributed by atoms with Crippen LogP contribution in [0.3, 0.4) is 0 Å². The second-order valence-corrected chi connectivity index (χ2v) is 14.8. The van der Waals surface area contributed by atoms with Gasteiger partial charge in [0.15, 0.2) is 0 Å². The summed E-state index contributed by atoms with van der Waals surface area (Å²) in [6.45, 7) is 13.5. The number of carbonyl (C=O) groups is 2. The maximum atomic E-state index is 14.0. The normalized spacial score (nSPS) is 20.2. The monoisotopic (exact) mass is 693 g/mol. The summed E-state index contributed by atoms with van der Waals surface area (Å²) in [6, 6.07) is 10.1. The van der Waals surface area contributed by atoms with E-state index < -0.39 is 11.5 Å². The minimum absolute atomic E-state index is 0.128. The lowest BCUT2D eigenvalue weighted by Gasteiger charge is -2.46. The molecule has 1 atom stereocenters. The highest BCUT2D eigenvalue weighted by atomic mass is 16.5. The van der Waals surface area contributed by atoms with Crippen molar-refractivity contribution in [1.82, 2.24) is 29.6 Å². The van der Waals surface area contributed by atoms with Crippen molar-refractivity contribution in [2.75, 3.05) is 54.5 Å². The first kappa shape index (κ1) is 33.1. The van der Waals surface area contributed by atoms with Gasteiger partial charge in [0.25, 0.3) is 11.5 Å².